The highest BCUT2D eigenvalue weighted by atomic mass is 16.5. The van der Waals surface area contributed by atoms with Crippen LogP contribution in [0.5, 0.6) is 0 Å². The Hall–Kier alpha value is -1.40. The molecule has 0 aliphatic rings. The third kappa shape index (κ3) is 5.00. The number of rotatable bonds is 8. The lowest BCUT2D eigenvalue weighted by Gasteiger charge is -2.19. The van der Waals surface area contributed by atoms with Crippen molar-refractivity contribution in [3.05, 3.63) is 22.6 Å². The summed E-state index contributed by atoms with van der Waals surface area (Å²) < 4.78 is 6.50. The molecule has 0 amide bonds. The molecule has 6 nitrogen and oxygen atoms in total. The zero-order valence-corrected chi connectivity index (χ0v) is 12.2. The van der Waals surface area contributed by atoms with E-state index in [9.17, 15) is 4.79 Å². The summed E-state index contributed by atoms with van der Waals surface area (Å²) in [5.41, 5.74) is 0.737. The molecule has 0 fully saturated rings. The molecule has 1 heterocycles. The summed E-state index contributed by atoms with van der Waals surface area (Å²) in [6.07, 6.45) is 1.72. The lowest BCUT2D eigenvalue weighted by atomic mass is 10.3. The highest BCUT2D eigenvalue weighted by Crippen LogP contribution is 2.06. The van der Waals surface area contributed by atoms with Crippen molar-refractivity contribution in [1.82, 2.24) is 15.1 Å². The molecule has 19 heavy (non-hydrogen) atoms. The first-order chi connectivity index (χ1) is 9.08. The maximum Gasteiger partial charge on any atom is 0.268 e. The van der Waals surface area contributed by atoms with E-state index in [1.54, 1.807) is 19.4 Å². The average molecular weight is 268 g/mol. The zero-order chi connectivity index (χ0) is 14.3. The smallest absolute Gasteiger partial charge is 0.268 e. The Kier molecular flexibility index (Phi) is 6.52. The summed E-state index contributed by atoms with van der Waals surface area (Å²) >= 11 is 0. The molecule has 1 rings (SSSR count). The fourth-order valence-corrected chi connectivity index (χ4v) is 1.80. The summed E-state index contributed by atoms with van der Waals surface area (Å²) in [5, 5.41) is 7.47. The van der Waals surface area contributed by atoms with Crippen LogP contribution in [0.3, 0.4) is 0 Å². The molecule has 1 unspecified atom stereocenters. The number of nitrogens with one attached hydrogen (secondary N) is 1. The van der Waals surface area contributed by atoms with Crippen molar-refractivity contribution in [3.63, 3.8) is 0 Å². The SMILES string of the molecule is CCNC(C)Cn1ncc(N(C)CCOC)cc1=O. The summed E-state index contributed by atoms with van der Waals surface area (Å²) in [6, 6.07) is 1.84. The van der Waals surface area contributed by atoms with Crippen LogP contribution in [0.2, 0.25) is 0 Å². The van der Waals surface area contributed by atoms with Crippen LogP contribution in [0.1, 0.15) is 13.8 Å². The molecule has 1 aromatic heterocycles. The summed E-state index contributed by atoms with van der Waals surface area (Å²) in [4.78, 5) is 13.9. The Bertz CT molecular complexity index is 433. The third-order valence-corrected chi connectivity index (χ3v) is 2.93. The Morgan fingerprint density at radius 2 is 2.32 bits per heavy atom. The molecule has 1 aromatic rings. The molecule has 108 valence electrons. The van der Waals surface area contributed by atoms with Crippen molar-refractivity contribution in [2.24, 2.45) is 0 Å². The van der Waals surface area contributed by atoms with Gasteiger partial charge in [-0.25, -0.2) is 4.68 Å². The van der Waals surface area contributed by atoms with Gasteiger partial charge in [-0.3, -0.25) is 4.79 Å². The van der Waals surface area contributed by atoms with E-state index >= 15 is 0 Å². The normalized spacial score (nSPS) is 12.4. The fraction of sp³-hybridized carbons (Fsp3) is 0.692. The van der Waals surface area contributed by atoms with Crippen molar-refractivity contribution in [3.8, 4) is 0 Å². The average Bonchev–Trinajstić information content (AvgIpc) is 2.38. The fourth-order valence-electron chi connectivity index (χ4n) is 1.80. The van der Waals surface area contributed by atoms with Gasteiger partial charge in [0.15, 0.2) is 0 Å². The van der Waals surface area contributed by atoms with Crippen LogP contribution in [-0.2, 0) is 11.3 Å². The Morgan fingerprint density at radius 1 is 1.58 bits per heavy atom. The molecular weight excluding hydrogens is 244 g/mol. The first-order valence-corrected chi connectivity index (χ1v) is 6.59. The minimum Gasteiger partial charge on any atom is -0.383 e. The van der Waals surface area contributed by atoms with Gasteiger partial charge in [0.05, 0.1) is 25.0 Å². The van der Waals surface area contributed by atoms with Gasteiger partial charge in [0, 0.05) is 32.8 Å². The molecule has 0 aromatic carbocycles. The van der Waals surface area contributed by atoms with Crippen molar-refractivity contribution >= 4 is 5.69 Å². The van der Waals surface area contributed by atoms with Gasteiger partial charge in [-0.05, 0) is 13.5 Å². The molecule has 0 aliphatic carbocycles. The molecule has 0 saturated carbocycles. The van der Waals surface area contributed by atoms with Crippen LogP contribution in [0.4, 0.5) is 5.69 Å². The van der Waals surface area contributed by atoms with Crippen LogP contribution in [0.15, 0.2) is 17.1 Å². The van der Waals surface area contributed by atoms with Gasteiger partial charge >= 0.3 is 0 Å². The summed E-state index contributed by atoms with van der Waals surface area (Å²) in [6.45, 7) is 6.89. The molecule has 6 heteroatoms. The molecule has 1 N–H and O–H groups in total. The van der Waals surface area contributed by atoms with Gasteiger partial charge in [0.1, 0.15) is 0 Å². The summed E-state index contributed by atoms with van der Waals surface area (Å²) in [7, 11) is 3.58. The Labute approximate surface area is 114 Å². The van der Waals surface area contributed by atoms with Crippen molar-refractivity contribution in [2.45, 2.75) is 26.4 Å². The number of ether oxygens (including phenoxy) is 1. The topological polar surface area (TPSA) is 59.4 Å². The number of hydrogen-bond acceptors (Lipinski definition) is 5. The van der Waals surface area contributed by atoms with Gasteiger partial charge in [0.2, 0.25) is 0 Å². The third-order valence-electron chi connectivity index (χ3n) is 2.93. The van der Waals surface area contributed by atoms with E-state index in [0.717, 1.165) is 18.8 Å². The number of aromatic nitrogens is 2. The van der Waals surface area contributed by atoms with Crippen LogP contribution in [0.25, 0.3) is 0 Å². The standard InChI is InChI=1S/C13H24N4O2/c1-5-14-11(2)10-17-13(18)8-12(9-15-17)16(3)6-7-19-4/h8-9,11,14H,5-7,10H2,1-4H3. The van der Waals surface area contributed by atoms with E-state index in [1.165, 1.54) is 4.68 Å². The minimum atomic E-state index is -0.0773. The molecule has 1 atom stereocenters. The Balaban J connectivity index is 2.71. The van der Waals surface area contributed by atoms with Crippen molar-refractivity contribution < 1.29 is 4.74 Å². The van der Waals surface area contributed by atoms with Crippen LogP contribution in [-0.4, -0.2) is 49.7 Å². The van der Waals surface area contributed by atoms with Crippen LogP contribution in [0, 0.1) is 0 Å². The Morgan fingerprint density at radius 3 is 2.89 bits per heavy atom. The van der Waals surface area contributed by atoms with Gasteiger partial charge in [-0.2, -0.15) is 5.10 Å². The van der Waals surface area contributed by atoms with Gasteiger partial charge in [0.25, 0.3) is 5.56 Å². The maximum absolute atomic E-state index is 12.0. The largest absolute Gasteiger partial charge is 0.383 e. The van der Waals surface area contributed by atoms with Crippen molar-refractivity contribution in [1.29, 1.82) is 0 Å². The number of methoxy groups -OCH3 is 1. The quantitative estimate of drug-likeness (QED) is 0.736. The highest BCUT2D eigenvalue weighted by Gasteiger charge is 2.07. The van der Waals surface area contributed by atoms with Crippen molar-refractivity contribution in [2.75, 3.05) is 38.8 Å². The maximum atomic E-state index is 12.0. The molecule has 0 bridgehead atoms. The predicted octanol–water partition coefficient (Wildman–Crippen LogP) is 0.324. The van der Waals surface area contributed by atoms with E-state index in [4.69, 9.17) is 4.74 Å². The van der Waals surface area contributed by atoms with Crippen LogP contribution >= 0.6 is 0 Å². The van der Waals surface area contributed by atoms with E-state index in [1.807, 2.05) is 25.8 Å². The van der Waals surface area contributed by atoms with E-state index in [0.29, 0.717) is 13.2 Å². The number of anilines is 1. The monoisotopic (exact) mass is 268 g/mol. The van der Waals surface area contributed by atoms with E-state index in [2.05, 4.69) is 10.4 Å². The second kappa shape index (κ2) is 7.91. The molecular formula is C13H24N4O2. The predicted molar refractivity (Wildman–Crippen MR) is 76.8 cm³/mol. The molecule has 0 spiro atoms. The first kappa shape index (κ1) is 15.7. The van der Waals surface area contributed by atoms with Gasteiger partial charge < -0.3 is 15.0 Å². The molecule has 0 saturated heterocycles. The molecule has 0 radical (unpaired) electrons. The second-order valence-electron chi connectivity index (χ2n) is 4.61. The lowest BCUT2D eigenvalue weighted by Crippen LogP contribution is -2.35. The van der Waals surface area contributed by atoms with E-state index in [-0.39, 0.29) is 11.6 Å². The lowest BCUT2D eigenvalue weighted by molar-refractivity contribution is 0.206. The minimum absolute atomic E-state index is 0.0773. The van der Waals surface area contributed by atoms with Crippen LogP contribution < -0.4 is 15.8 Å². The highest BCUT2D eigenvalue weighted by molar-refractivity contribution is 5.41. The summed E-state index contributed by atoms with van der Waals surface area (Å²) in [5.74, 6) is 0. The number of likely N-dealkylation sites (N-methyl/N-ethyl adjacent to an activating group) is 2. The van der Waals surface area contributed by atoms with E-state index < -0.39 is 0 Å². The number of hydrogen-bond donors (Lipinski definition) is 1. The first-order valence-electron chi connectivity index (χ1n) is 6.59. The molecule has 0 aliphatic heterocycles. The van der Waals surface area contributed by atoms with Gasteiger partial charge in [-0.1, -0.05) is 6.92 Å². The zero-order valence-electron chi connectivity index (χ0n) is 12.2. The van der Waals surface area contributed by atoms with Gasteiger partial charge in [-0.15, -0.1) is 0 Å². The number of nitrogens with zero attached hydrogens (tertiary/aromatic N) is 3. The second-order valence-corrected chi connectivity index (χ2v) is 4.61.